The molecule has 0 aromatic heterocycles. The minimum Gasteiger partial charge on any atom is -0.310 e. The quantitative estimate of drug-likeness (QED) is 0.120. The normalized spacial score (nSPS) is 11.4. The molecule has 3 nitrogen and oxygen atoms in total. The fourth-order valence-corrected chi connectivity index (χ4v) is 11.4. The molecular weight excluding hydrogens is 931 g/mol. The summed E-state index contributed by atoms with van der Waals surface area (Å²) in [4.78, 5) is 7.13. The summed E-state index contributed by atoms with van der Waals surface area (Å²) < 4.78 is 0. The first-order valence-electron chi connectivity index (χ1n) is 26.4. The van der Waals surface area contributed by atoms with Crippen LogP contribution < -0.4 is 14.7 Å². The van der Waals surface area contributed by atoms with Crippen molar-refractivity contribution in [3.05, 3.63) is 309 Å². The topological polar surface area (TPSA) is 9.72 Å². The molecule has 0 heterocycles. The molecular formula is C74H51N3. The first-order valence-corrected chi connectivity index (χ1v) is 26.4. The van der Waals surface area contributed by atoms with E-state index in [4.69, 9.17) is 0 Å². The molecule has 0 saturated heterocycles. The molecule has 362 valence electrons. The van der Waals surface area contributed by atoms with Crippen LogP contribution in [0.25, 0.3) is 76.1 Å². The second-order valence-corrected chi connectivity index (χ2v) is 19.8. The fraction of sp³-hybridized carbons (Fsp3) is 0. The molecule has 3 heteroatoms. The summed E-state index contributed by atoms with van der Waals surface area (Å²) in [6.45, 7) is 0. The Morgan fingerprint density at radius 3 is 0.883 bits per heavy atom. The van der Waals surface area contributed by atoms with E-state index in [1.165, 1.54) is 76.1 Å². The van der Waals surface area contributed by atoms with E-state index < -0.39 is 0 Å². The Labute approximate surface area is 449 Å². The predicted octanol–water partition coefficient (Wildman–Crippen LogP) is 21.2. The van der Waals surface area contributed by atoms with Crippen molar-refractivity contribution in [2.75, 3.05) is 14.7 Å². The van der Waals surface area contributed by atoms with Crippen molar-refractivity contribution in [3.63, 3.8) is 0 Å². The third kappa shape index (κ3) is 8.56. The van der Waals surface area contributed by atoms with Crippen LogP contribution in [0.4, 0.5) is 51.2 Å². The number of nitrogens with zero attached hydrogens (tertiary/aromatic N) is 3. The number of fused-ring (bicyclic) bond motifs is 7. The lowest BCUT2D eigenvalue weighted by atomic mass is 9.98. The van der Waals surface area contributed by atoms with Gasteiger partial charge < -0.3 is 14.7 Å². The average Bonchev–Trinajstić information content (AvgIpc) is 3.53. The Hall–Kier alpha value is -10.2. The molecule has 14 aromatic carbocycles. The smallest absolute Gasteiger partial charge is 0.0540 e. The third-order valence-corrected chi connectivity index (χ3v) is 15.1. The Morgan fingerprint density at radius 2 is 0.455 bits per heavy atom. The molecule has 14 rings (SSSR count). The number of rotatable bonds is 11. The molecule has 0 fully saturated rings. The number of anilines is 9. The van der Waals surface area contributed by atoms with E-state index in [1.54, 1.807) is 0 Å². The minimum atomic E-state index is 1.10. The summed E-state index contributed by atoms with van der Waals surface area (Å²) in [5.74, 6) is 0. The summed E-state index contributed by atoms with van der Waals surface area (Å²) in [6, 6.07) is 112. The van der Waals surface area contributed by atoms with E-state index in [1.807, 2.05) is 0 Å². The maximum Gasteiger partial charge on any atom is 0.0540 e. The van der Waals surface area contributed by atoms with Gasteiger partial charge >= 0.3 is 0 Å². The van der Waals surface area contributed by atoms with Gasteiger partial charge in [0.25, 0.3) is 0 Å². The first kappa shape index (κ1) is 45.4. The zero-order valence-corrected chi connectivity index (χ0v) is 42.3. The molecule has 0 aliphatic carbocycles. The van der Waals surface area contributed by atoms with Crippen LogP contribution >= 0.6 is 0 Å². The second kappa shape index (κ2) is 19.6. The van der Waals surface area contributed by atoms with E-state index in [9.17, 15) is 0 Å². The molecule has 0 bridgehead atoms. The number of hydrogen-bond acceptors (Lipinski definition) is 3. The average molecular weight is 982 g/mol. The Bertz CT molecular complexity index is 4340. The lowest BCUT2D eigenvalue weighted by Gasteiger charge is -2.27. The molecule has 0 aliphatic heterocycles. The number of para-hydroxylation sites is 2. The highest BCUT2D eigenvalue weighted by Crippen LogP contribution is 2.44. The van der Waals surface area contributed by atoms with Crippen molar-refractivity contribution in [3.8, 4) is 22.3 Å². The summed E-state index contributed by atoms with van der Waals surface area (Å²) in [5, 5.41) is 12.1. The first-order chi connectivity index (χ1) is 38.2. The van der Waals surface area contributed by atoms with Gasteiger partial charge in [-0.15, -0.1) is 0 Å². The van der Waals surface area contributed by atoms with Crippen molar-refractivity contribution >= 4 is 105 Å². The van der Waals surface area contributed by atoms with Crippen LogP contribution in [0.5, 0.6) is 0 Å². The van der Waals surface area contributed by atoms with Crippen LogP contribution in [-0.2, 0) is 0 Å². The maximum atomic E-state index is 2.38. The summed E-state index contributed by atoms with van der Waals surface area (Å²) in [5.41, 5.74) is 14.8. The summed E-state index contributed by atoms with van der Waals surface area (Å²) in [6.07, 6.45) is 0. The third-order valence-electron chi connectivity index (χ3n) is 15.1. The van der Waals surface area contributed by atoms with Gasteiger partial charge in [0.1, 0.15) is 0 Å². The van der Waals surface area contributed by atoms with Gasteiger partial charge in [-0.1, -0.05) is 206 Å². The van der Waals surface area contributed by atoms with Gasteiger partial charge in [0, 0.05) is 50.9 Å². The van der Waals surface area contributed by atoms with Gasteiger partial charge in [-0.3, -0.25) is 0 Å². The Kier molecular flexibility index (Phi) is 11.5. The van der Waals surface area contributed by atoms with E-state index >= 15 is 0 Å². The highest BCUT2D eigenvalue weighted by Gasteiger charge is 2.19. The number of benzene rings is 14. The zero-order valence-electron chi connectivity index (χ0n) is 42.3. The standard InChI is InChI=1S/C74H51N3/c1-5-16-52(17-6-1)54-32-36-63(37-33-54)75(64-38-34-55(35-39-64)53-18-7-2-8-19-53)65-40-44-69-57(48-65)28-29-58-49-66(41-45-70(58)69)76(61-22-9-3-10-23-61)67-42-46-71-59(50-67)30-31-60-51-68(43-47-72(60)71)77(62-24-11-4-12-25-62)74-27-15-21-56-20-13-14-26-73(56)74/h1-51H. The molecule has 14 aromatic rings. The zero-order chi connectivity index (χ0) is 51.1. The van der Waals surface area contributed by atoms with Crippen molar-refractivity contribution in [2.24, 2.45) is 0 Å². The molecule has 0 radical (unpaired) electrons. The Balaban J connectivity index is 0.814. The molecule has 0 amide bonds. The van der Waals surface area contributed by atoms with Crippen LogP contribution in [0.2, 0.25) is 0 Å². The Morgan fingerprint density at radius 1 is 0.156 bits per heavy atom. The van der Waals surface area contributed by atoms with Crippen LogP contribution in [0, 0.1) is 0 Å². The van der Waals surface area contributed by atoms with Crippen LogP contribution in [0.1, 0.15) is 0 Å². The van der Waals surface area contributed by atoms with Crippen LogP contribution in [0.15, 0.2) is 309 Å². The second-order valence-electron chi connectivity index (χ2n) is 19.8. The monoisotopic (exact) mass is 981 g/mol. The summed E-state index contributed by atoms with van der Waals surface area (Å²) >= 11 is 0. The van der Waals surface area contributed by atoms with Crippen molar-refractivity contribution in [1.82, 2.24) is 0 Å². The van der Waals surface area contributed by atoms with Gasteiger partial charge in [-0.25, -0.2) is 0 Å². The van der Waals surface area contributed by atoms with Gasteiger partial charge in [-0.2, -0.15) is 0 Å². The van der Waals surface area contributed by atoms with E-state index in [-0.39, 0.29) is 0 Å². The van der Waals surface area contributed by atoms with Crippen LogP contribution in [0.3, 0.4) is 0 Å². The predicted molar refractivity (Wildman–Crippen MR) is 329 cm³/mol. The largest absolute Gasteiger partial charge is 0.310 e. The van der Waals surface area contributed by atoms with Gasteiger partial charge in [0.05, 0.1) is 5.69 Å². The number of hydrogen-bond donors (Lipinski definition) is 0. The van der Waals surface area contributed by atoms with E-state index in [2.05, 4.69) is 324 Å². The molecule has 77 heavy (non-hydrogen) atoms. The lowest BCUT2D eigenvalue weighted by molar-refractivity contribution is 1.29. The van der Waals surface area contributed by atoms with Gasteiger partial charge in [-0.05, 0) is 174 Å². The van der Waals surface area contributed by atoms with Crippen LogP contribution in [-0.4, -0.2) is 0 Å². The minimum absolute atomic E-state index is 1.10. The van der Waals surface area contributed by atoms with Crippen molar-refractivity contribution in [1.29, 1.82) is 0 Å². The van der Waals surface area contributed by atoms with E-state index in [0.29, 0.717) is 0 Å². The van der Waals surface area contributed by atoms with Crippen molar-refractivity contribution in [2.45, 2.75) is 0 Å². The molecule has 0 N–H and O–H groups in total. The highest BCUT2D eigenvalue weighted by molar-refractivity contribution is 6.12. The molecule has 0 spiro atoms. The van der Waals surface area contributed by atoms with Gasteiger partial charge in [0.2, 0.25) is 0 Å². The highest BCUT2D eigenvalue weighted by atomic mass is 15.2. The molecule has 0 saturated carbocycles. The fourth-order valence-electron chi connectivity index (χ4n) is 11.4. The van der Waals surface area contributed by atoms with E-state index in [0.717, 1.165) is 51.2 Å². The summed E-state index contributed by atoms with van der Waals surface area (Å²) in [7, 11) is 0. The molecule has 0 unspecified atom stereocenters. The van der Waals surface area contributed by atoms with Gasteiger partial charge in [0.15, 0.2) is 0 Å². The molecule has 0 aliphatic rings. The molecule has 0 atom stereocenters. The maximum absolute atomic E-state index is 2.38. The lowest BCUT2D eigenvalue weighted by Crippen LogP contribution is -2.10. The SMILES string of the molecule is c1ccc(-c2ccc(N(c3ccc(-c4ccccc4)cc3)c3ccc4c(ccc5cc(N(c6ccccc6)c6ccc7c(ccc8cc(N(c9ccccc9)c9cccc%10ccccc9%10)ccc87)c6)ccc54)c3)cc2)cc1. The van der Waals surface area contributed by atoms with Crippen molar-refractivity contribution < 1.29 is 0 Å².